The predicted molar refractivity (Wildman–Crippen MR) is 66.3 cm³/mol. The van der Waals surface area contributed by atoms with E-state index < -0.39 is 0 Å². The molecular formula is C13H18N2O2. The summed E-state index contributed by atoms with van der Waals surface area (Å²) in [5.41, 5.74) is 7.25. The van der Waals surface area contributed by atoms with E-state index in [0.29, 0.717) is 13.2 Å². The van der Waals surface area contributed by atoms with Crippen molar-refractivity contribution >= 4 is 5.91 Å². The largest absolute Gasteiger partial charge is 0.494 e. The molecule has 92 valence electrons. The van der Waals surface area contributed by atoms with Crippen molar-refractivity contribution in [2.75, 3.05) is 19.7 Å². The zero-order chi connectivity index (χ0) is 12.1. The molecule has 1 aliphatic rings. The lowest BCUT2D eigenvalue weighted by molar-refractivity contribution is 0.0955. The maximum Gasteiger partial charge on any atom is 0.251 e. The van der Waals surface area contributed by atoms with Gasteiger partial charge >= 0.3 is 0 Å². The molecule has 0 aliphatic carbocycles. The van der Waals surface area contributed by atoms with Crippen LogP contribution in [0.2, 0.25) is 0 Å². The Hall–Kier alpha value is -1.55. The summed E-state index contributed by atoms with van der Waals surface area (Å²) in [6, 6.07) is 5.73. The van der Waals surface area contributed by atoms with E-state index in [2.05, 4.69) is 5.32 Å². The van der Waals surface area contributed by atoms with Crippen LogP contribution in [0.25, 0.3) is 0 Å². The number of amides is 1. The van der Waals surface area contributed by atoms with Crippen LogP contribution in [0.4, 0.5) is 0 Å². The molecule has 17 heavy (non-hydrogen) atoms. The number of hydrogen-bond acceptors (Lipinski definition) is 3. The van der Waals surface area contributed by atoms with Crippen LogP contribution in [0.5, 0.6) is 5.75 Å². The van der Waals surface area contributed by atoms with Gasteiger partial charge in [-0.05, 0) is 43.5 Å². The number of aryl methyl sites for hydroxylation is 1. The Labute approximate surface area is 101 Å². The van der Waals surface area contributed by atoms with E-state index in [0.717, 1.165) is 42.7 Å². The molecule has 0 unspecified atom stereocenters. The summed E-state index contributed by atoms with van der Waals surface area (Å²) in [5, 5.41) is 2.88. The molecule has 0 saturated carbocycles. The van der Waals surface area contributed by atoms with E-state index in [-0.39, 0.29) is 5.91 Å². The number of nitrogens with one attached hydrogen (secondary N) is 1. The minimum absolute atomic E-state index is 0.00164. The van der Waals surface area contributed by atoms with Gasteiger partial charge in [-0.2, -0.15) is 0 Å². The molecule has 0 radical (unpaired) electrons. The highest BCUT2D eigenvalue weighted by Gasteiger charge is 2.15. The smallest absolute Gasteiger partial charge is 0.251 e. The molecule has 1 heterocycles. The Bertz CT molecular complexity index is 404. The third-order valence-corrected chi connectivity index (χ3v) is 2.85. The molecular weight excluding hydrogens is 216 g/mol. The van der Waals surface area contributed by atoms with Crippen LogP contribution in [0.15, 0.2) is 18.2 Å². The normalized spacial score (nSPS) is 14.8. The first-order valence-electron chi connectivity index (χ1n) is 6.05. The van der Waals surface area contributed by atoms with Crippen LogP contribution >= 0.6 is 0 Å². The van der Waals surface area contributed by atoms with Gasteiger partial charge in [-0.25, -0.2) is 0 Å². The zero-order valence-corrected chi connectivity index (χ0v) is 9.87. The maximum absolute atomic E-state index is 11.8. The fourth-order valence-corrected chi connectivity index (χ4v) is 1.92. The number of nitrogens with two attached hydrogens (primary N) is 1. The average Bonchev–Trinajstić information content (AvgIpc) is 2.52. The molecule has 0 fully saturated rings. The Morgan fingerprint density at radius 1 is 1.41 bits per heavy atom. The van der Waals surface area contributed by atoms with E-state index in [9.17, 15) is 4.79 Å². The number of fused-ring (bicyclic) bond motifs is 1. The van der Waals surface area contributed by atoms with Crippen LogP contribution < -0.4 is 15.8 Å². The molecule has 0 spiro atoms. The highest BCUT2D eigenvalue weighted by Crippen LogP contribution is 2.21. The maximum atomic E-state index is 11.8. The number of rotatable bonds is 4. The molecule has 1 aliphatic heterocycles. The molecule has 2 rings (SSSR count). The summed E-state index contributed by atoms with van der Waals surface area (Å²) in [5.74, 6) is 0.746. The molecule has 1 aromatic carbocycles. The molecule has 4 heteroatoms. The van der Waals surface area contributed by atoms with E-state index in [1.807, 2.05) is 18.2 Å². The molecule has 0 atom stereocenters. The number of carbonyl (C=O) groups excluding carboxylic acids is 1. The van der Waals surface area contributed by atoms with Crippen LogP contribution in [0.3, 0.4) is 0 Å². The van der Waals surface area contributed by atoms with Crippen molar-refractivity contribution in [3.8, 4) is 5.75 Å². The molecule has 1 aromatic rings. The van der Waals surface area contributed by atoms with Crippen LogP contribution in [0, 0.1) is 0 Å². The molecule has 0 saturated heterocycles. The summed E-state index contributed by atoms with van der Waals surface area (Å²) in [6.45, 7) is 1.96. The number of ether oxygens (including phenoxy) is 1. The van der Waals surface area contributed by atoms with Crippen molar-refractivity contribution in [1.29, 1.82) is 0 Å². The van der Waals surface area contributed by atoms with E-state index in [1.54, 1.807) is 0 Å². The molecule has 0 bridgehead atoms. The fraction of sp³-hybridized carbons (Fsp3) is 0.462. The van der Waals surface area contributed by atoms with Gasteiger partial charge < -0.3 is 15.8 Å². The van der Waals surface area contributed by atoms with Crippen molar-refractivity contribution in [3.63, 3.8) is 0 Å². The lowest BCUT2D eigenvalue weighted by Crippen LogP contribution is -2.22. The van der Waals surface area contributed by atoms with Gasteiger partial charge in [0.05, 0.1) is 6.61 Å². The second kappa shape index (κ2) is 5.68. The van der Waals surface area contributed by atoms with Crippen molar-refractivity contribution in [2.24, 2.45) is 5.73 Å². The van der Waals surface area contributed by atoms with Gasteiger partial charge in [-0.3, -0.25) is 4.79 Å². The minimum atomic E-state index is 0.00164. The fourth-order valence-electron chi connectivity index (χ4n) is 1.92. The summed E-state index contributed by atoms with van der Waals surface area (Å²) in [4.78, 5) is 11.8. The zero-order valence-electron chi connectivity index (χ0n) is 9.87. The minimum Gasteiger partial charge on any atom is -0.494 e. The Morgan fingerprint density at radius 3 is 3.12 bits per heavy atom. The van der Waals surface area contributed by atoms with E-state index >= 15 is 0 Å². The molecule has 1 amide bonds. The lowest BCUT2D eigenvalue weighted by Gasteiger charge is -2.09. The Kier molecular flexibility index (Phi) is 3.98. The van der Waals surface area contributed by atoms with Gasteiger partial charge in [0.1, 0.15) is 5.75 Å². The third kappa shape index (κ3) is 2.97. The average molecular weight is 234 g/mol. The third-order valence-electron chi connectivity index (χ3n) is 2.85. The molecule has 0 aromatic heterocycles. The van der Waals surface area contributed by atoms with Gasteiger partial charge in [0.25, 0.3) is 5.91 Å². The summed E-state index contributed by atoms with van der Waals surface area (Å²) < 4.78 is 5.54. The van der Waals surface area contributed by atoms with Crippen LogP contribution in [0.1, 0.15) is 28.8 Å². The van der Waals surface area contributed by atoms with Crippen molar-refractivity contribution < 1.29 is 9.53 Å². The van der Waals surface area contributed by atoms with Crippen molar-refractivity contribution in [1.82, 2.24) is 5.32 Å². The van der Waals surface area contributed by atoms with Gasteiger partial charge in [0, 0.05) is 12.1 Å². The van der Waals surface area contributed by atoms with Gasteiger partial charge in [0.2, 0.25) is 0 Å². The quantitative estimate of drug-likeness (QED) is 0.766. The molecule has 4 nitrogen and oxygen atoms in total. The van der Waals surface area contributed by atoms with E-state index in [4.69, 9.17) is 10.5 Å². The van der Waals surface area contributed by atoms with Crippen molar-refractivity contribution in [2.45, 2.75) is 19.3 Å². The van der Waals surface area contributed by atoms with Crippen LogP contribution in [-0.2, 0) is 6.42 Å². The SMILES string of the molecule is NCCCOc1ccc2c(c1)C(=O)NCCC2. The van der Waals surface area contributed by atoms with Gasteiger partial charge in [-0.1, -0.05) is 6.07 Å². The number of carbonyl (C=O) groups is 1. The van der Waals surface area contributed by atoms with Crippen LogP contribution in [-0.4, -0.2) is 25.6 Å². The second-order valence-corrected chi connectivity index (χ2v) is 4.17. The lowest BCUT2D eigenvalue weighted by atomic mass is 10.0. The first-order valence-corrected chi connectivity index (χ1v) is 6.05. The monoisotopic (exact) mass is 234 g/mol. The van der Waals surface area contributed by atoms with E-state index in [1.165, 1.54) is 0 Å². The highest BCUT2D eigenvalue weighted by atomic mass is 16.5. The number of hydrogen-bond donors (Lipinski definition) is 2. The summed E-state index contributed by atoms with van der Waals surface area (Å²) in [6.07, 6.45) is 2.76. The number of benzene rings is 1. The van der Waals surface area contributed by atoms with Crippen molar-refractivity contribution in [3.05, 3.63) is 29.3 Å². The summed E-state index contributed by atoms with van der Waals surface area (Å²) in [7, 11) is 0. The standard InChI is InChI=1S/C13H18N2O2/c14-6-2-8-17-11-5-4-10-3-1-7-15-13(16)12(10)9-11/h4-5,9H,1-3,6-8,14H2,(H,15,16). The Balaban J connectivity index is 2.14. The summed E-state index contributed by atoms with van der Waals surface area (Å²) >= 11 is 0. The predicted octanol–water partition coefficient (Wildman–Crippen LogP) is 1.09. The topological polar surface area (TPSA) is 64.3 Å². The second-order valence-electron chi connectivity index (χ2n) is 4.17. The highest BCUT2D eigenvalue weighted by molar-refractivity contribution is 5.96. The Morgan fingerprint density at radius 2 is 2.29 bits per heavy atom. The van der Waals surface area contributed by atoms with Gasteiger partial charge in [-0.15, -0.1) is 0 Å². The van der Waals surface area contributed by atoms with Gasteiger partial charge in [0.15, 0.2) is 0 Å². The first kappa shape index (κ1) is 11.9. The molecule has 3 N–H and O–H groups in total. The first-order chi connectivity index (χ1) is 8.31.